The predicted molar refractivity (Wildman–Crippen MR) is 52.5 cm³/mol. The third-order valence-corrected chi connectivity index (χ3v) is 2.93. The minimum Gasteiger partial charge on any atom is -0.316 e. The zero-order valence-electron chi connectivity index (χ0n) is 8.76. The van der Waals surface area contributed by atoms with E-state index in [1.807, 2.05) is 0 Å². The molecule has 3 nitrogen and oxygen atoms in total. The summed E-state index contributed by atoms with van der Waals surface area (Å²) in [7, 11) is -1.60. The number of hydrogen-bond acceptors (Lipinski definition) is 3. The van der Waals surface area contributed by atoms with Crippen LogP contribution in [0.5, 0.6) is 0 Å². The van der Waals surface area contributed by atoms with Gasteiger partial charge in [-0.2, -0.15) is 13.2 Å². The van der Waals surface area contributed by atoms with Crippen LogP contribution < -0.4 is 5.32 Å². The van der Waals surface area contributed by atoms with Crippen molar-refractivity contribution in [1.29, 1.82) is 0 Å². The summed E-state index contributed by atoms with van der Waals surface area (Å²) in [5.74, 6) is -0.124. The first-order valence-corrected chi connectivity index (χ1v) is 6.62. The van der Waals surface area contributed by atoms with Crippen LogP contribution in [0.3, 0.4) is 0 Å². The summed E-state index contributed by atoms with van der Waals surface area (Å²) < 4.78 is 57.2. The average Bonchev–Trinajstić information content (AvgIpc) is 1.97. The molecule has 0 amide bonds. The summed E-state index contributed by atoms with van der Waals surface area (Å²) in [6.07, 6.45) is -3.80. The molecule has 1 unspecified atom stereocenters. The molecule has 15 heavy (non-hydrogen) atoms. The van der Waals surface area contributed by atoms with Crippen LogP contribution in [0.25, 0.3) is 0 Å². The fourth-order valence-corrected chi connectivity index (χ4v) is 2.29. The third-order valence-electron chi connectivity index (χ3n) is 1.93. The Hall–Kier alpha value is -0.300. The van der Waals surface area contributed by atoms with E-state index in [0.717, 1.165) is 6.26 Å². The Morgan fingerprint density at radius 2 is 1.87 bits per heavy atom. The molecule has 0 aromatic heterocycles. The quantitative estimate of drug-likeness (QED) is 0.770. The highest BCUT2D eigenvalue weighted by molar-refractivity contribution is 7.90. The van der Waals surface area contributed by atoms with Crippen LogP contribution in [0.15, 0.2) is 0 Å². The van der Waals surface area contributed by atoms with Gasteiger partial charge in [0.15, 0.2) is 0 Å². The van der Waals surface area contributed by atoms with E-state index in [4.69, 9.17) is 0 Å². The molecular formula is C8H16F3NO2S. The summed E-state index contributed by atoms with van der Waals surface area (Å²) in [6, 6.07) is -0.401. The summed E-state index contributed by atoms with van der Waals surface area (Å²) in [5.41, 5.74) is 0. The molecule has 0 bridgehead atoms. The minimum absolute atomic E-state index is 0.0511. The molecule has 0 saturated carbocycles. The third kappa shape index (κ3) is 9.99. The second-order valence-electron chi connectivity index (χ2n) is 3.59. The second-order valence-corrected chi connectivity index (χ2v) is 5.77. The largest absolute Gasteiger partial charge is 0.389 e. The van der Waals surface area contributed by atoms with E-state index >= 15 is 0 Å². The van der Waals surface area contributed by atoms with Gasteiger partial charge < -0.3 is 5.32 Å². The van der Waals surface area contributed by atoms with Crippen molar-refractivity contribution in [3.05, 3.63) is 0 Å². The van der Waals surface area contributed by atoms with E-state index in [2.05, 4.69) is 5.32 Å². The highest BCUT2D eigenvalue weighted by atomic mass is 32.2. The molecule has 0 aromatic carbocycles. The Balaban J connectivity index is 3.92. The summed E-state index contributed by atoms with van der Waals surface area (Å²) >= 11 is 0. The van der Waals surface area contributed by atoms with Gasteiger partial charge in [-0.05, 0) is 19.9 Å². The average molecular weight is 247 g/mol. The number of halogens is 3. The number of hydrogen-bond donors (Lipinski definition) is 1. The Morgan fingerprint density at radius 1 is 1.33 bits per heavy atom. The first kappa shape index (κ1) is 14.7. The molecular weight excluding hydrogens is 231 g/mol. The highest BCUT2D eigenvalue weighted by Crippen LogP contribution is 2.22. The molecule has 0 aromatic rings. The van der Waals surface area contributed by atoms with Crippen LogP contribution in [0.2, 0.25) is 0 Å². The Morgan fingerprint density at radius 3 is 2.20 bits per heavy atom. The van der Waals surface area contributed by atoms with Gasteiger partial charge in [0, 0.05) is 18.7 Å². The van der Waals surface area contributed by atoms with Gasteiger partial charge in [-0.1, -0.05) is 0 Å². The van der Waals surface area contributed by atoms with Crippen LogP contribution in [0.4, 0.5) is 13.2 Å². The van der Waals surface area contributed by atoms with Crippen molar-refractivity contribution in [2.24, 2.45) is 0 Å². The molecule has 1 atom stereocenters. The number of rotatable bonds is 6. The molecule has 0 aliphatic carbocycles. The lowest BCUT2D eigenvalue weighted by atomic mass is 10.1. The highest BCUT2D eigenvalue weighted by Gasteiger charge is 2.26. The molecule has 1 N–H and O–H groups in total. The van der Waals surface area contributed by atoms with Gasteiger partial charge in [0.2, 0.25) is 0 Å². The summed E-state index contributed by atoms with van der Waals surface area (Å²) in [5, 5.41) is 2.70. The molecule has 0 heterocycles. The Labute approximate surface area is 88.0 Å². The lowest BCUT2D eigenvalue weighted by Gasteiger charge is -2.15. The van der Waals surface area contributed by atoms with Crippen molar-refractivity contribution in [3.63, 3.8) is 0 Å². The van der Waals surface area contributed by atoms with E-state index < -0.39 is 28.5 Å². The maximum absolute atomic E-state index is 11.8. The van der Waals surface area contributed by atoms with Crippen molar-refractivity contribution >= 4 is 9.84 Å². The first-order chi connectivity index (χ1) is 6.64. The van der Waals surface area contributed by atoms with Gasteiger partial charge in [-0.15, -0.1) is 0 Å². The SMILES string of the molecule is CNC(CCCC(F)(F)F)CS(C)(=O)=O. The topological polar surface area (TPSA) is 46.2 Å². The van der Waals surface area contributed by atoms with Crippen molar-refractivity contribution in [3.8, 4) is 0 Å². The normalized spacial score (nSPS) is 15.3. The number of sulfone groups is 1. The fourth-order valence-electron chi connectivity index (χ4n) is 1.23. The Kier molecular flexibility index (Phi) is 5.58. The van der Waals surface area contributed by atoms with Crippen molar-refractivity contribution < 1.29 is 21.6 Å². The minimum atomic E-state index is -4.16. The molecule has 0 aliphatic rings. The van der Waals surface area contributed by atoms with Gasteiger partial charge in [-0.25, -0.2) is 8.42 Å². The van der Waals surface area contributed by atoms with Crippen molar-refractivity contribution in [2.75, 3.05) is 19.1 Å². The number of nitrogens with one attached hydrogen (secondary N) is 1. The monoisotopic (exact) mass is 247 g/mol. The summed E-state index contributed by atoms with van der Waals surface area (Å²) in [6.45, 7) is 0. The number of alkyl halides is 3. The smallest absolute Gasteiger partial charge is 0.316 e. The van der Waals surface area contributed by atoms with Crippen molar-refractivity contribution in [2.45, 2.75) is 31.5 Å². The van der Waals surface area contributed by atoms with Gasteiger partial charge in [-0.3, -0.25) is 0 Å². The molecule has 0 rings (SSSR count). The zero-order chi connectivity index (χ0) is 12.1. The standard InChI is InChI=1S/C8H16F3NO2S/c1-12-7(6-15(2,13)14)4-3-5-8(9,10)11/h7,12H,3-6H2,1-2H3. The van der Waals surface area contributed by atoms with E-state index in [1.165, 1.54) is 0 Å². The fraction of sp³-hybridized carbons (Fsp3) is 1.00. The van der Waals surface area contributed by atoms with Crippen LogP contribution in [0, 0.1) is 0 Å². The molecule has 7 heteroatoms. The predicted octanol–water partition coefficient (Wildman–Crippen LogP) is 1.35. The lowest BCUT2D eigenvalue weighted by Crippen LogP contribution is -2.32. The van der Waals surface area contributed by atoms with Gasteiger partial charge in [0.1, 0.15) is 9.84 Å². The van der Waals surface area contributed by atoms with Crippen LogP contribution in [0.1, 0.15) is 19.3 Å². The maximum Gasteiger partial charge on any atom is 0.389 e. The van der Waals surface area contributed by atoms with E-state index in [9.17, 15) is 21.6 Å². The van der Waals surface area contributed by atoms with Crippen LogP contribution in [-0.2, 0) is 9.84 Å². The van der Waals surface area contributed by atoms with E-state index in [-0.39, 0.29) is 18.6 Å². The zero-order valence-corrected chi connectivity index (χ0v) is 9.58. The second kappa shape index (κ2) is 5.69. The molecule has 0 radical (unpaired) electrons. The van der Waals surface area contributed by atoms with Crippen LogP contribution >= 0.6 is 0 Å². The van der Waals surface area contributed by atoms with Gasteiger partial charge in [0.25, 0.3) is 0 Å². The van der Waals surface area contributed by atoms with E-state index in [1.54, 1.807) is 7.05 Å². The lowest BCUT2D eigenvalue weighted by molar-refractivity contribution is -0.135. The maximum atomic E-state index is 11.8. The Bertz CT molecular complexity index is 274. The molecule has 0 saturated heterocycles. The van der Waals surface area contributed by atoms with E-state index in [0.29, 0.717) is 0 Å². The van der Waals surface area contributed by atoms with Crippen molar-refractivity contribution in [1.82, 2.24) is 5.32 Å². The molecule has 0 aliphatic heterocycles. The summed E-state index contributed by atoms with van der Waals surface area (Å²) in [4.78, 5) is 0. The van der Waals surface area contributed by atoms with Crippen LogP contribution in [-0.4, -0.2) is 39.7 Å². The molecule has 92 valence electrons. The van der Waals surface area contributed by atoms with Gasteiger partial charge in [0.05, 0.1) is 5.75 Å². The first-order valence-electron chi connectivity index (χ1n) is 4.56. The molecule has 0 spiro atoms. The van der Waals surface area contributed by atoms with Gasteiger partial charge >= 0.3 is 6.18 Å². The molecule has 0 fully saturated rings.